The highest BCUT2D eigenvalue weighted by Gasteiger charge is 2.22. The first-order chi connectivity index (χ1) is 6.86. The van der Waals surface area contributed by atoms with Crippen LogP contribution >= 0.6 is 0 Å². The van der Waals surface area contributed by atoms with Gasteiger partial charge in [-0.05, 0) is 31.0 Å². The van der Waals surface area contributed by atoms with Gasteiger partial charge in [-0.2, -0.15) is 0 Å². The van der Waals surface area contributed by atoms with Crippen LogP contribution in [0.15, 0.2) is 24.3 Å². The minimum absolute atomic E-state index is 0.175. The number of carbonyl (C=O) groups is 1. The predicted molar refractivity (Wildman–Crippen MR) is 55.9 cm³/mol. The van der Waals surface area contributed by atoms with Crippen molar-refractivity contribution >= 4 is 11.6 Å². The summed E-state index contributed by atoms with van der Waals surface area (Å²) in [6.07, 6.45) is 4.48. The van der Waals surface area contributed by atoms with Crippen molar-refractivity contribution in [3.63, 3.8) is 0 Å². The molecule has 1 amide bonds. The number of hydrogen-bond donors (Lipinski definition) is 1. The van der Waals surface area contributed by atoms with Crippen LogP contribution in [-0.4, -0.2) is 5.91 Å². The summed E-state index contributed by atoms with van der Waals surface area (Å²) >= 11 is 0. The van der Waals surface area contributed by atoms with Crippen molar-refractivity contribution in [2.75, 3.05) is 5.32 Å². The van der Waals surface area contributed by atoms with E-state index in [9.17, 15) is 4.79 Å². The Labute approximate surface area is 84.3 Å². The van der Waals surface area contributed by atoms with Gasteiger partial charge in [0.2, 0.25) is 5.91 Å². The Morgan fingerprint density at radius 3 is 2.57 bits per heavy atom. The molecule has 1 aliphatic carbocycles. The van der Waals surface area contributed by atoms with Crippen molar-refractivity contribution in [2.24, 2.45) is 5.92 Å². The molecule has 0 bridgehead atoms. The lowest BCUT2D eigenvalue weighted by molar-refractivity contribution is -0.119. The lowest BCUT2D eigenvalue weighted by atomic mass is 10.1. The highest BCUT2D eigenvalue weighted by atomic mass is 16.1. The summed E-state index contributed by atoms with van der Waals surface area (Å²) in [6.45, 7) is 0. The fraction of sp³-hybridized carbons (Fsp3) is 0.417. The molecule has 0 atom stereocenters. The maximum atomic E-state index is 11.7. The minimum Gasteiger partial charge on any atom is -0.326 e. The van der Waals surface area contributed by atoms with E-state index in [1.807, 2.05) is 24.3 Å². The molecular weight excluding hydrogens is 174 g/mol. The number of carbonyl (C=O) groups excluding carboxylic acids is 1. The van der Waals surface area contributed by atoms with Crippen molar-refractivity contribution in [1.29, 1.82) is 0 Å². The molecule has 2 heteroatoms. The average Bonchev–Trinajstić information content (AvgIpc) is 2.72. The van der Waals surface area contributed by atoms with E-state index in [0.29, 0.717) is 0 Å². The van der Waals surface area contributed by atoms with Gasteiger partial charge in [0.1, 0.15) is 0 Å². The van der Waals surface area contributed by atoms with Crippen molar-refractivity contribution in [3.8, 4) is 0 Å². The number of benzene rings is 1. The third kappa shape index (κ3) is 2.13. The summed E-state index contributed by atoms with van der Waals surface area (Å²) < 4.78 is 0. The van der Waals surface area contributed by atoms with Crippen LogP contribution in [0.4, 0.5) is 5.69 Å². The first kappa shape index (κ1) is 9.25. The van der Waals surface area contributed by atoms with Crippen LogP contribution in [0.5, 0.6) is 0 Å². The predicted octanol–water partition coefficient (Wildman–Crippen LogP) is 2.62. The van der Waals surface area contributed by atoms with E-state index in [0.717, 1.165) is 18.5 Å². The van der Waals surface area contributed by atoms with Gasteiger partial charge in [-0.3, -0.25) is 4.79 Å². The second-order valence-electron chi connectivity index (χ2n) is 3.76. The smallest absolute Gasteiger partial charge is 0.227 e. The molecule has 1 aromatic carbocycles. The molecule has 1 N–H and O–H groups in total. The van der Waals surface area contributed by atoms with Gasteiger partial charge in [-0.25, -0.2) is 0 Å². The highest BCUT2D eigenvalue weighted by Crippen LogP contribution is 2.25. The van der Waals surface area contributed by atoms with Gasteiger partial charge in [0.25, 0.3) is 0 Å². The standard InChI is InChI=1S/C12H14NO/c14-12(10-6-4-5-7-10)13-11-8-2-1-3-9-11/h2-3,8-10H,4-7H2,(H,13,14). The first-order valence-electron chi connectivity index (χ1n) is 5.13. The molecule has 1 aromatic rings. The second-order valence-corrected chi connectivity index (χ2v) is 3.76. The van der Waals surface area contributed by atoms with Crippen LogP contribution in [-0.2, 0) is 4.79 Å². The molecule has 0 aliphatic heterocycles. The normalized spacial score (nSPS) is 16.9. The zero-order chi connectivity index (χ0) is 9.80. The summed E-state index contributed by atoms with van der Waals surface area (Å²) in [5, 5.41) is 2.92. The monoisotopic (exact) mass is 188 g/mol. The van der Waals surface area contributed by atoms with E-state index in [2.05, 4.69) is 11.4 Å². The highest BCUT2D eigenvalue weighted by molar-refractivity contribution is 5.92. The summed E-state index contributed by atoms with van der Waals surface area (Å²) in [7, 11) is 0. The number of rotatable bonds is 2. The van der Waals surface area contributed by atoms with Gasteiger partial charge in [0.15, 0.2) is 0 Å². The third-order valence-electron chi connectivity index (χ3n) is 2.71. The average molecular weight is 188 g/mol. The number of nitrogens with one attached hydrogen (secondary N) is 1. The van der Waals surface area contributed by atoms with Crippen LogP contribution < -0.4 is 5.32 Å². The Morgan fingerprint density at radius 1 is 1.29 bits per heavy atom. The van der Waals surface area contributed by atoms with Crippen LogP contribution in [0.25, 0.3) is 0 Å². The summed E-state index contributed by atoms with van der Waals surface area (Å²) in [5.41, 5.74) is 0.876. The summed E-state index contributed by atoms with van der Waals surface area (Å²) in [5.74, 6) is 0.410. The van der Waals surface area contributed by atoms with Gasteiger partial charge in [0.05, 0.1) is 0 Å². The zero-order valence-electron chi connectivity index (χ0n) is 8.12. The molecule has 0 heterocycles. The van der Waals surface area contributed by atoms with Crippen molar-refractivity contribution in [3.05, 3.63) is 30.3 Å². The molecule has 1 radical (unpaired) electrons. The lowest BCUT2D eigenvalue weighted by Crippen LogP contribution is -2.20. The topological polar surface area (TPSA) is 29.1 Å². The molecule has 0 saturated heterocycles. The van der Waals surface area contributed by atoms with E-state index in [-0.39, 0.29) is 11.8 Å². The van der Waals surface area contributed by atoms with E-state index in [4.69, 9.17) is 0 Å². The van der Waals surface area contributed by atoms with Gasteiger partial charge < -0.3 is 5.32 Å². The lowest BCUT2D eigenvalue weighted by Gasteiger charge is -2.09. The molecule has 1 saturated carbocycles. The number of hydrogen-bond acceptors (Lipinski definition) is 1. The molecule has 2 rings (SSSR count). The summed E-state index contributed by atoms with van der Waals surface area (Å²) in [4.78, 5) is 11.7. The molecule has 0 spiro atoms. The van der Waals surface area contributed by atoms with E-state index in [1.54, 1.807) is 0 Å². The maximum Gasteiger partial charge on any atom is 0.227 e. The Hall–Kier alpha value is -1.31. The number of amides is 1. The molecule has 0 unspecified atom stereocenters. The Balaban J connectivity index is 1.94. The molecular formula is C12H14NO. The van der Waals surface area contributed by atoms with Gasteiger partial charge in [-0.1, -0.05) is 25.0 Å². The Morgan fingerprint density at radius 2 is 1.93 bits per heavy atom. The molecule has 1 fully saturated rings. The second kappa shape index (κ2) is 4.27. The third-order valence-corrected chi connectivity index (χ3v) is 2.71. The molecule has 73 valence electrons. The first-order valence-corrected chi connectivity index (χ1v) is 5.13. The molecule has 2 nitrogen and oxygen atoms in total. The van der Waals surface area contributed by atoms with Crippen LogP contribution in [0.3, 0.4) is 0 Å². The van der Waals surface area contributed by atoms with E-state index in [1.165, 1.54) is 12.8 Å². The van der Waals surface area contributed by atoms with Crippen LogP contribution in [0.1, 0.15) is 25.7 Å². The van der Waals surface area contributed by atoms with Gasteiger partial charge >= 0.3 is 0 Å². The van der Waals surface area contributed by atoms with Gasteiger partial charge in [-0.15, -0.1) is 0 Å². The van der Waals surface area contributed by atoms with Crippen molar-refractivity contribution in [1.82, 2.24) is 0 Å². The van der Waals surface area contributed by atoms with E-state index >= 15 is 0 Å². The Bertz CT molecular complexity index is 301. The molecule has 1 aliphatic rings. The quantitative estimate of drug-likeness (QED) is 0.759. The largest absolute Gasteiger partial charge is 0.326 e. The molecule has 14 heavy (non-hydrogen) atoms. The van der Waals surface area contributed by atoms with Crippen molar-refractivity contribution < 1.29 is 4.79 Å². The zero-order valence-corrected chi connectivity index (χ0v) is 8.12. The Kier molecular flexibility index (Phi) is 2.82. The maximum absolute atomic E-state index is 11.7. The van der Waals surface area contributed by atoms with E-state index < -0.39 is 0 Å². The van der Waals surface area contributed by atoms with Crippen LogP contribution in [0.2, 0.25) is 0 Å². The summed E-state index contributed by atoms with van der Waals surface area (Å²) in [6, 6.07) is 10.3. The van der Waals surface area contributed by atoms with Crippen LogP contribution in [0, 0.1) is 12.0 Å². The van der Waals surface area contributed by atoms with Crippen molar-refractivity contribution in [2.45, 2.75) is 25.7 Å². The molecule has 0 aromatic heterocycles. The fourth-order valence-corrected chi connectivity index (χ4v) is 1.90. The number of anilines is 1. The SMILES string of the molecule is O=C(Nc1cc[c]cc1)C1CCCC1. The van der Waals surface area contributed by atoms with Gasteiger partial charge in [0, 0.05) is 11.6 Å². The fourth-order valence-electron chi connectivity index (χ4n) is 1.90. The minimum atomic E-state index is 0.175.